The van der Waals surface area contributed by atoms with Crippen molar-refractivity contribution in [2.24, 2.45) is 0 Å². The number of para-hydroxylation sites is 1. The molecule has 0 bridgehead atoms. The fourth-order valence-corrected chi connectivity index (χ4v) is 3.27. The number of benzene rings is 3. The largest absolute Gasteiger partial charge is 0.497 e. The Morgan fingerprint density at radius 3 is 2.35 bits per heavy atom. The fourth-order valence-electron chi connectivity index (χ4n) is 3.14. The third-order valence-corrected chi connectivity index (χ3v) is 4.72. The first-order valence-corrected chi connectivity index (χ1v) is 8.64. The smallest absolute Gasteiger partial charge is 0.262 e. The Morgan fingerprint density at radius 2 is 1.65 bits per heavy atom. The first kappa shape index (κ1) is 16.5. The molecular formula is C21H17ClN2O2. The molecule has 0 spiro atoms. The van der Waals surface area contributed by atoms with E-state index in [1.807, 2.05) is 60.7 Å². The number of hydrogen-bond donors (Lipinski definition) is 1. The Kier molecular flexibility index (Phi) is 4.27. The highest BCUT2D eigenvalue weighted by atomic mass is 35.5. The minimum atomic E-state index is -0.329. The van der Waals surface area contributed by atoms with Crippen molar-refractivity contribution in [2.45, 2.75) is 6.17 Å². The van der Waals surface area contributed by atoms with Gasteiger partial charge in [0.2, 0.25) is 0 Å². The van der Waals surface area contributed by atoms with E-state index in [1.54, 1.807) is 24.1 Å². The molecule has 0 aliphatic carbocycles. The van der Waals surface area contributed by atoms with Gasteiger partial charge in [-0.25, -0.2) is 0 Å². The Labute approximate surface area is 157 Å². The van der Waals surface area contributed by atoms with Crippen LogP contribution in [-0.4, -0.2) is 13.0 Å². The molecule has 1 heterocycles. The van der Waals surface area contributed by atoms with Crippen molar-refractivity contribution in [3.05, 3.63) is 88.9 Å². The molecule has 0 saturated carbocycles. The minimum Gasteiger partial charge on any atom is -0.497 e. The van der Waals surface area contributed by atoms with Crippen LogP contribution in [0.2, 0.25) is 5.02 Å². The summed E-state index contributed by atoms with van der Waals surface area (Å²) in [5, 5.41) is 4.11. The van der Waals surface area contributed by atoms with Crippen molar-refractivity contribution in [3.63, 3.8) is 0 Å². The summed E-state index contributed by atoms with van der Waals surface area (Å²) >= 11 is 6.02. The van der Waals surface area contributed by atoms with E-state index in [9.17, 15) is 4.79 Å². The highest BCUT2D eigenvalue weighted by molar-refractivity contribution is 6.30. The number of methoxy groups -OCH3 is 1. The molecule has 1 aliphatic heterocycles. The number of rotatable bonds is 3. The standard InChI is InChI=1S/C21H17ClN2O2/c1-26-17-12-6-14(7-13-17)20-23-19-5-3-2-4-18(19)21(25)24(20)16-10-8-15(22)9-11-16/h2-13,20,23H,1H3/t20-/m1/s1. The normalized spacial score (nSPS) is 16.0. The predicted octanol–water partition coefficient (Wildman–Crippen LogP) is 5.12. The van der Waals surface area contributed by atoms with Crippen LogP contribution in [0.5, 0.6) is 5.75 Å². The maximum atomic E-state index is 13.2. The summed E-state index contributed by atoms with van der Waals surface area (Å²) in [6.07, 6.45) is -0.329. The van der Waals surface area contributed by atoms with Gasteiger partial charge in [0, 0.05) is 16.4 Å². The molecule has 0 aromatic heterocycles. The molecule has 3 aromatic rings. The summed E-state index contributed by atoms with van der Waals surface area (Å²) in [5.41, 5.74) is 3.21. The Morgan fingerprint density at radius 1 is 0.962 bits per heavy atom. The van der Waals surface area contributed by atoms with Crippen LogP contribution in [0.3, 0.4) is 0 Å². The molecule has 4 rings (SSSR count). The zero-order valence-electron chi connectivity index (χ0n) is 14.1. The molecule has 0 saturated heterocycles. The van der Waals surface area contributed by atoms with Gasteiger partial charge in [-0.15, -0.1) is 0 Å². The molecule has 1 N–H and O–H groups in total. The molecule has 0 unspecified atom stereocenters. The van der Waals surface area contributed by atoms with Crippen LogP contribution in [0.1, 0.15) is 22.1 Å². The number of hydrogen-bond acceptors (Lipinski definition) is 3. The average molecular weight is 365 g/mol. The predicted molar refractivity (Wildman–Crippen MR) is 104 cm³/mol. The van der Waals surface area contributed by atoms with E-state index >= 15 is 0 Å². The fraction of sp³-hybridized carbons (Fsp3) is 0.0952. The second-order valence-corrected chi connectivity index (χ2v) is 6.45. The molecule has 5 heteroatoms. The zero-order valence-corrected chi connectivity index (χ0v) is 14.9. The van der Waals surface area contributed by atoms with Gasteiger partial charge >= 0.3 is 0 Å². The maximum Gasteiger partial charge on any atom is 0.262 e. The lowest BCUT2D eigenvalue weighted by atomic mass is 10.0. The number of halogens is 1. The van der Waals surface area contributed by atoms with Gasteiger partial charge in [-0.05, 0) is 54.1 Å². The van der Waals surface area contributed by atoms with E-state index in [0.717, 1.165) is 22.7 Å². The molecule has 0 fully saturated rings. The summed E-state index contributed by atoms with van der Waals surface area (Å²) < 4.78 is 5.24. The van der Waals surface area contributed by atoms with Gasteiger partial charge in [0.25, 0.3) is 5.91 Å². The molecule has 1 atom stereocenters. The third kappa shape index (κ3) is 2.89. The first-order valence-electron chi connectivity index (χ1n) is 8.26. The number of anilines is 2. The van der Waals surface area contributed by atoms with Gasteiger partial charge in [0.15, 0.2) is 0 Å². The third-order valence-electron chi connectivity index (χ3n) is 4.46. The average Bonchev–Trinajstić information content (AvgIpc) is 2.69. The molecule has 1 aliphatic rings. The van der Waals surface area contributed by atoms with Gasteiger partial charge < -0.3 is 10.1 Å². The van der Waals surface area contributed by atoms with Gasteiger partial charge in [-0.3, -0.25) is 9.69 Å². The van der Waals surface area contributed by atoms with E-state index in [0.29, 0.717) is 10.6 Å². The SMILES string of the molecule is COc1ccc([C@@H]2Nc3ccccc3C(=O)N2c2ccc(Cl)cc2)cc1. The summed E-state index contributed by atoms with van der Waals surface area (Å²) in [6.45, 7) is 0. The van der Waals surface area contributed by atoms with Crippen molar-refractivity contribution in [3.8, 4) is 5.75 Å². The quantitative estimate of drug-likeness (QED) is 0.701. The lowest BCUT2D eigenvalue weighted by Gasteiger charge is -2.38. The lowest BCUT2D eigenvalue weighted by molar-refractivity contribution is 0.0975. The number of amides is 1. The highest BCUT2D eigenvalue weighted by Crippen LogP contribution is 2.37. The first-order chi connectivity index (χ1) is 12.7. The van der Waals surface area contributed by atoms with Gasteiger partial charge in [0.05, 0.1) is 12.7 Å². The van der Waals surface area contributed by atoms with E-state index in [-0.39, 0.29) is 12.1 Å². The number of fused-ring (bicyclic) bond motifs is 1. The van der Waals surface area contributed by atoms with E-state index in [4.69, 9.17) is 16.3 Å². The number of ether oxygens (including phenoxy) is 1. The molecule has 26 heavy (non-hydrogen) atoms. The van der Waals surface area contributed by atoms with Gasteiger partial charge in [-0.2, -0.15) is 0 Å². The van der Waals surface area contributed by atoms with E-state index in [2.05, 4.69) is 5.32 Å². The van der Waals surface area contributed by atoms with E-state index in [1.165, 1.54) is 0 Å². The molecule has 1 amide bonds. The Bertz CT molecular complexity index is 939. The van der Waals surface area contributed by atoms with Crippen LogP contribution in [0, 0.1) is 0 Å². The van der Waals surface area contributed by atoms with Crippen LogP contribution in [0.4, 0.5) is 11.4 Å². The second-order valence-electron chi connectivity index (χ2n) is 6.02. The van der Waals surface area contributed by atoms with Crippen LogP contribution < -0.4 is 15.0 Å². The maximum absolute atomic E-state index is 13.2. The Balaban J connectivity index is 1.82. The molecular weight excluding hydrogens is 348 g/mol. The summed E-state index contributed by atoms with van der Waals surface area (Å²) in [4.78, 5) is 15.0. The van der Waals surface area contributed by atoms with Crippen LogP contribution >= 0.6 is 11.6 Å². The van der Waals surface area contributed by atoms with Crippen molar-refractivity contribution >= 4 is 28.9 Å². The number of carbonyl (C=O) groups is 1. The molecule has 0 radical (unpaired) electrons. The van der Waals surface area contributed by atoms with Crippen molar-refractivity contribution in [1.82, 2.24) is 0 Å². The highest BCUT2D eigenvalue weighted by Gasteiger charge is 2.33. The van der Waals surface area contributed by atoms with Gasteiger partial charge in [0.1, 0.15) is 11.9 Å². The van der Waals surface area contributed by atoms with Crippen molar-refractivity contribution in [2.75, 3.05) is 17.3 Å². The van der Waals surface area contributed by atoms with Crippen LogP contribution in [0.25, 0.3) is 0 Å². The zero-order chi connectivity index (χ0) is 18.1. The topological polar surface area (TPSA) is 41.6 Å². The van der Waals surface area contributed by atoms with Crippen LogP contribution in [-0.2, 0) is 0 Å². The minimum absolute atomic E-state index is 0.0532. The van der Waals surface area contributed by atoms with Crippen molar-refractivity contribution in [1.29, 1.82) is 0 Å². The molecule has 4 nitrogen and oxygen atoms in total. The number of carbonyl (C=O) groups excluding carboxylic acids is 1. The Hall–Kier alpha value is -2.98. The summed E-state index contributed by atoms with van der Waals surface area (Å²) in [5.74, 6) is 0.719. The van der Waals surface area contributed by atoms with Gasteiger partial charge in [-0.1, -0.05) is 35.9 Å². The van der Waals surface area contributed by atoms with E-state index < -0.39 is 0 Å². The van der Waals surface area contributed by atoms with Crippen LogP contribution in [0.15, 0.2) is 72.8 Å². The summed E-state index contributed by atoms with van der Waals surface area (Å²) in [6, 6.07) is 22.5. The monoisotopic (exact) mass is 364 g/mol. The lowest BCUT2D eigenvalue weighted by Crippen LogP contribution is -2.43. The summed E-state index contributed by atoms with van der Waals surface area (Å²) in [7, 11) is 1.63. The molecule has 3 aromatic carbocycles. The number of nitrogens with zero attached hydrogens (tertiary/aromatic N) is 1. The second kappa shape index (κ2) is 6.73. The molecule has 130 valence electrons. The number of nitrogens with one attached hydrogen (secondary N) is 1. The van der Waals surface area contributed by atoms with Crippen molar-refractivity contribution < 1.29 is 9.53 Å².